The number of nitrogens with zero attached hydrogens (tertiary/aromatic N) is 3. The number of aryl methyl sites for hydroxylation is 2. The number of carbonyl (C=O) groups excluding carboxylic acids is 1. The zero-order chi connectivity index (χ0) is 21.5. The largest absolute Gasteiger partial charge is 0.487 e. The lowest BCUT2D eigenvalue weighted by Crippen LogP contribution is -2.42. The fourth-order valence-electron chi connectivity index (χ4n) is 3.48. The number of hydrogen-bond acceptors (Lipinski definition) is 5. The molecule has 0 aromatic carbocycles. The van der Waals surface area contributed by atoms with Gasteiger partial charge in [0, 0.05) is 19.0 Å². The van der Waals surface area contributed by atoms with E-state index in [1.54, 1.807) is 24.9 Å². The summed E-state index contributed by atoms with van der Waals surface area (Å²) in [6, 6.07) is 1.55. The Kier molecular flexibility index (Phi) is 6.15. The molecule has 1 aliphatic rings. The van der Waals surface area contributed by atoms with Crippen LogP contribution in [0.2, 0.25) is 5.15 Å². The minimum Gasteiger partial charge on any atom is -0.487 e. The summed E-state index contributed by atoms with van der Waals surface area (Å²) in [5.74, 6) is 0.493. The number of likely N-dealkylation sites (tertiary alicyclic amines) is 1. The maximum absolute atomic E-state index is 12.5. The fraction of sp³-hybridized carbons (Fsp3) is 0.550. The quantitative estimate of drug-likeness (QED) is 0.600. The SMILES string of the molecule is Cc1nc(Cl)c2cc(Br)c(=O)n(C)c2c1OC[C@@H]1CCCN1C(=O)OC(C)(C)C. The van der Waals surface area contributed by atoms with E-state index in [0.717, 1.165) is 12.8 Å². The zero-order valence-corrected chi connectivity index (χ0v) is 19.6. The third kappa shape index (κ3) is 4.53. The van der Waals surface area contributed by atoms with E-state index < -0.39 is 5.60 Å². The monoisotopic (exact) mass is 485 g/mol. The molecule has 0 aliphatic carbocycles. The number of halogens is 2. The molecule has 0 N–H and O–H groups in total. The fourth-order valence-corrected chi connectivity index (χ4v) is 4.25. The van der Waals surface area contributed by atoms with E-state index in [4.69, 9.17) is 21.1 Å². The Morgan fingerprint density at radius 1 is 1.41 bits per heavy atom. The van der Waals surface area contributed by atoms with E-state index in [0.29, 0.717) is 38.5 Å². The molecule has 3 rings (SSSR count). The molecule has 7 nitrogen and oxygen atoms in total. The average molecular weight is 487 g/mol. The first-order valence-electron chi connectivity index (χ1n) is 9.47. The predicted molar refractivity (Wildman–Crippen MR) is 116 cm³/mol. The third-order valence-electron chi connectivity index (χ3n) is 4.83. The lowest BCUT2D eigenvalue weighted by atomic mass is 10.2. The van der Waals surface area contributed by atoms with Crippen LogP contribution in [0.5, 0.6) is 5.75 Å². The summed E-state index contributed by atoms with van der Waals surface area (Å²) in [7, 11) is 1.67. The highest BCUT2D eigenvalue weighted by Gasteiger charge is 2.33. The summed E-state index contributed by atoms with van der Waals surface area (Å²) in [5, 5.41) is 0.925. The Balaban J connectivity index is 1.90. The van der Waals surface area contributed by atoms with Gasteiger partial charge in [0.15, 0.2) is 5.75 Å². The Bertz CT molecular complexity index is 1020. The Labute approximate surface area is 183 Å². The summed E-state index contributed by atoms with van der Waals surface area (Å²) < 4.78 is 13.5. The molecule has 1 fully saturated rings. The number of carbonyl (C=O) groups is 1. The number of fused-ring (bicyclic) bond motifs is 1. The molecule has 0 bridgehead atoms. The molecule has 0 radical (unpaired) electrons. The van der Waals surface area contributed by atoms with Crippen LogP contribution in [0.4, 0.5) is 4.79 Å². The molecular weight excluding hydrogens is 462 g/mol. The molecule has 2 aromatic rings. The van der Waals surface area contributed by atoms with E-state index in [2.05, 4.69) is 20.9 Å². The van der Waals surface area contributed by atoms with Gasteiger partial charge in [-0.25, -0.2) is 9.78 Å². The number of amides is 1. The zero-order valence-electron chi connectivity index (χ0n) is 17.2. The van der Waals surface area contributed by atoms with Crippen molar-refractivity contribution in [3.63, 3.8) is 0 Å². The van der Waals surface area contributed by atoms with Gasteiger partial charge < -0.3 is 18.9 Å². The highest BCUT2D eigenvalue weighted by molar-refractivity contribution is 9.10. The number of pyridine rings is 2. The summed E-state index contributed by atoms with van der Waals surface area (Å²) in [4.78, 5) is 31.0. The van der Waals surface area contributed by atoms with Crippen molar-refractivity contribution in [1.29, 1.82) is 0 Å². The first-order chi connectivity index (χ1) is 13.5. The Morgan fingerprint density at radius 2 is 2.10 bits per heavy atom. The molecular formula is C20H25BrClN3O4. The maximum atomic E-state index is 12.5. The lowest BCUT2D eigenvalue weighted by molar-refractivity contribution is 0.0187. The second-order valence-corrected chi connectivity index (χ2v) is 9.43. The highest BCUT2D eigenvalue weighted by atomic mass is 79.9. The van der Waals surface area contributed by atoms with Crippen molar-refractivity contribution < 1.29 is 14.3 Å². The summed E-state index contributed by atoms with van der Waals surface area (Å²) in [5.41, 5.74) is 0.420. The smallest absolute Gasteiger partial charge is 0.410 e. The van der Waals surface area contributed by atoms with Crippen molar-refractivity contribution >= 4 is 44.5 Å². The summed E-state index contributed by atoms with van der Waals surface area (Å²) in [6.45, 7) is 8.24. The van der Waals surface area contributed by atoms with Gasteiger partial charge in [0.2, 0.25) is 0 Å². The van der Waals surface area contributed by atoms with Crippen molar-refractivity contribution in [2.75, 3.05) is 13.2 Å². The van der Waals surface area contributed by atoms with E-state index in [9.17, 15) is 9.59 Å². The van der Waals surface area contributed by atoms with Crippen LogP contribution in [0.15, 0.2) is 15.3 Å². The standard InChI is InChI=1S/C20H25BrClN3O4/c1-11-16(15-13(17(22)23-11)9-14(21)18(26)24(15)5)28-10-12-7-6-8-25(12)19(27)29-20(2,3)4/h9,12H,6-8,10H2,1-5H3/t12-/m0/s1. The van der Waals surface area contributed by atoms with Gasteiger partial charge in [-0.2, -0.15) is 0 Å². The van der Waals surface area contributed by atoms with Gasteiger partial charge in [-0.1, -0.05) is 11.6 Å². The molecule has 1 amide bonds. The van der Waals surface area contributed by atoms with Crippen LogP contribution in [0.25, 0.3) is 10.9 Å². The second kappa shape index (κ2) is 8.14. The molecule has 29 heavy (non-hydrogen) atoms. The molecule has 9 heteroatoms. The van der Waals surface area contributed by atoms with Crippen LogP contribution in [0, 0.1) is 6.92 Å². The van der Waals surface area contributed by atoms with Gasteiger partial charge in [0.05, 0.1) is 21.7 Å². The number of hydrogen-bond donors (Lipinski definition) is 0. The van der Waals surface area contributed by atoms with Crippen molar-refractivity contribution in [1.82, 2.24) is 14.5 Å². The van der Waals surface area contributed by atoms with Gasteiger partial charge in [-0.05, 0) is 62.5 Å². The molecule has 3 heterocycles. The third-order valence-corrected chi connectivity index (χ3v) is 5.68. The molecule has 0 spiro atoms. The van der Waals surface area contributed by atoms with Crippen LogP contribution in [-0.4, -0.2) is 45.3 Å². The minimum atomic E-state index is -0.552. The van der Waals surface area contributed by atoms with Crippen molar-refractivity contribution in [2.24, 2.45) is 7.05 Å². The summed E-state index contributed by atoms with van der Waals surface area (Å²) >= 11 is 9.58. The number of rotatable bonds is 3. The van der Waals surface area contributed by atoms with Crippen molar-refractivity contribution in [3.8, 4) is 5.75 Å². The maximum Gasteiger partial charge on any atom is 0.410 e. The number of aromatic nitrogens is 2. The minimum absolute atomic E-state index is 0.109. The van der Waals surface area contributed by atoms with Crippen LogP contribution < -0.4 is 10.3 Å². The van der Waals surface area contributed by atoms with E-state index in [1.165, 1.54) is 4.57 Å². The van der Waals surface area contributed by atoms with E-state index in [-0.39, 0.29) is 24.3 Å². The van der Waals surface area contributed by atoms with Crippen LogP contribution in [-0.2, 0) is 11.8 Å². The van der Waals surface area contributed by atoms with Gasteiger partial charge in [-0.3, -0.25) is 4.79 Å². The van der Waals surface area contributed by atoms with Crippen LogP contribution in [0.1, 0.15) is 39.3 Å². The van der Waals surface area contributed by atoms with Gasteiger partial charge in [0.1, 0.15) is 17.4 Å². The topological polar surface area (TPSA) is 73.7 Å². The second-order valence-electron chi connectivity index (χ2n) is 8.22. The Morgan fingerprint density at radius 3 is 2.76 bits per heavy atom. The predicted octanol–water partition coefficient (Wildman–Crippen LogP) is 4.44. The van der Waals surface area contributed by atoms with Crippen LogP contribution >= 0.6 is 27.5 Å². The van der Waals surface area contributed by atoms with Crippen LogP contribution in [0.3, 0.4) is 0 Å². The Hall–Kier alpha value is -1.80. The van der Waals surface area contributed by atoms with Gasteiger partial charge in [-0.15, -0.1) is 0 Å². The molecule has 1 atom stereocenters. The molecule has 158 valence electrons. The van der Waals surface area contributed by atoms with E-state index in [1.807, 2.05) is 20.8 Å². The highest BCUT2D eigenvalue weighted by Crippen LogP contribution is 2.33. The number of ether oxygens (including phenoxy) is 2. The average Bonchev–Trinajstić information content (AvgIpc) is 3.07. The molecule has 0 saturated carbocycles. The van der Waals surface area contributed by atoms with Crippen molar-refractivity contribution in [2.45, 2.75) is 52.2 Å². The van der Waals surface area contributed by atoms with Gasteiger partial charge in [0.25, 0.3) is 5.56 Å². The molecule has 1 aliphatic heterocycles. The first kappa shape index (κ1) is 21.9. The first-order valence-corrected chi connectivity index (χ1v) is 10.6. The molecule has 2 aromatic heterocycles. The molecule has 1 saturated heterocycles. The normalized spacial score (nSPS) is 17.1. The lowest BCUT2D eigenvalue weighted by Gasteiger charge is -2.28. The van der Waals surface area contributed by atoms with E-state index >= 15 is 0 Å². The van der Waals surface area contributed by atoms with Gasteiger partial charge >= 0.3 is 6.09 Å². The molecule has 0 unspecified atom stereocenters. The summed E-state index contributed by atoms with van der Waals surface area (Å²) in [6.07, 6.45) is 1.37. The van der Waals surface area contributed by atoms with Crippen molar-refractivity contribution in [3.05, 3.63) is 31.7 Å².